The Hall–Kier alpha value is -4.03. The quantitative estimate of drug-likeness (QED) is 0.187. The van der Waals surface area contributed by atoms with Gasteiger partial charge in [0.1, 0.15) is 11.6 Å². The molecule has 4 rings (SSSR count). The van der Waals surface area contributed by atoms with Crippen LogP contribution in [0, 0.1) is 5.82 Å². The van der Waals surface area contributed by atoms with Crippen molar-refractivity contribution in [2.24, 2.45) is 5.10 Å². The van der Waals surface area contributed by atoms with Crippen molar-refractivity contribution in [3.8, 4) is 5.75 Å². The van der Waals surface area contributed by atoms with Gasteiger partial charge in [0, 0.05) is 5.56 Å². The monoisotopic (exact) mass is 446 g/mol. The first kappa shape index (κ1) is 21.2. The average Bonchev–Trinajstić information content (AvgIpc) is 2.80. The number of carbonyl (C=O) groups is 2. The van der Waals surface area contributed by atoms with Gasteiger partial charge in [-0.3, -0.25) is 4.79 Å². The molecule has 158 valence electrons. The van der Waals surface area contributed by atoms with E-state index in [0.717, 1.165) is 10.8 Å². The molecule has 0 heterocycles. The van der Waals surface area contributed by atoms with E-state index >= 15 is 0 Å². The number of fused-ring (bicyclic) bond motifs is 1. The van der Waals surface area contributed by atoms with Crippen molar-refractivity contribution in [2.45, 2.75) is 0 Å². The molecule has 0 aliphatic carbocycles. The SMILES string of the molecule is O=C(N/N=C\c1c(OC(=O)c2ccccc2Cl)ccc2ccccc12)c1ccccc1F. The lowest BCUT2D eigenvalue weighted by Gasteiger charge is -2.11. The second kappa shape index (κ2) is 9.41. The maximum Gasteiger partial charge on any atom is 0.345 e. The normalized spacial score (nSPS) is 10.9. The Bertz CT molecular complexity index is 1350. The van der Waals surface area contributed by atoms with Crippen molar-refractivity contribution in [1.82, 2.24) is 5.43 Å². The van der Waals surface area contributed by atoms with Gasteiger partial charge in [0.15, 0.2) is 0 Å². The minimum Gasteiger partial charge on any atom is -0.422 e. The van der Waals surface area contributed by atoms with Crippen molar-refractivity contribution >= 4 is 40.5 Å². The molecular formula is C25H16ClFN2O3. The van der Waals surface area contributed by atoms with Gasteiger partial charge in [0.05, 0.1) is 22.4 Å². The maximum absolute atomic E-state index is 13.8. The number of halogens is 2. The second-order valence-corrected chi connectivity index (χ2v) is 7.15. The van der Waals surface area contributed by atoms with Crippen LogP contribution < -0.4 is 10.2 Å². The third-order valence-corrected chi connectivity index (χ3v) is 5.03. The van der Waals surface area contributed by atoms with Crippen LogP contribution in [0.2, 0.25) is 5.02 Å². The third kappa shape index (κ3) is 4.50. The zero-order chi connectivity index (χ0) is 22.5. The highest BCUT2D eigenvalue weighted by atomic mass is 35.5. The van der Waals surface area contributed by atoms with E-state index in [1.807, 2.05) is 24.3 Å². The molecule has 32 heavy (non-hydrogen) atoms. The Morgan fingerprint density at radius 2 is 1.56 bits per heavy atom. The summed E-state index contributed by atoms with van der Waals surface area (Å²) in [6.07, 6.45) is 1.36. The summed E-state index contributed by atoms with van der Waals surface area (Å²) in [7, 11) is 0. The lowest BCUT2D eigenvalue weighted by molar-refractivity contribution is 0.0734. The smallest absolute Gasteiger partial charge is 0.345 e. The summed E-state index contributed by atoms with van der Waals surface area (Å²) < 4.78 is 19.4. The number of esters is 1. The van der Waals surface area contributed by atoms with E-state index in [4.69, 9.17) is 16.3 Å². The minimum absolute atomic E-state index is 0.132. The van der Waals surface area contributed by atoms with Crippen molar-refractivity contribution in [3.63, 3.8) is 0 Å². The van der Waals surface area contributed by atoms with Crippen LogP contribution in [0.25, 0.3) is 10.8 Å². The van der Waals surface area contributed by atoms with E-state index in [-0.39, 0.29) is 21.9 Å². The highest BCUT2D eigenvalue weighted by Crippen LogP contribution is 2.28. The fourth-order valence-corrected chi connectivity index (χ4v) is 3.35. The first-order valence-electron chi connectivity index (χ1n) is 9.61. The summed E-state index contributed by atoms with van der Waals surface area (Å²) >= 11 is 6.10. The van der Waals surface area contributed by atoms with Gasteiger partial charge < -0.3 is 4.74 Å². The number of benzene rings is 4. The molecule has 0 unspecified atom stereocenters. The maximum atomic E-state index is 13.8. The molecule has 1 N–H and O–H groups in total. The molecule has 0 spiro atoms. The predicted molar refractivity (Wildman–Crippen MR) is 122 cm³/mol. The molecule has 0 bridgehead atoms. The summed E-state index contributed by atoms with van der Waals surface area (Å²) in [4.78, 5) is 24.9. The number of hydrogen-bond acceptors (Lipinski definition) is 4. The first-order chi connectivity index (χ1) is 15.5. The van der Waals surface area contributed by atoms with Crippen LogP contribution in [0.1, 0.15) is 26.3 Å². The minimum atomic E-state index is -0.700. The topological polar surface area (TPSA) is 67.8 Å². The number of hydrogen-bond donors (Lipinski definition) is 1. The van der Waals surface area contributed by atoms with Crippen LogP contribution in [0.4, 0.5) is 4.39 Å². The van der Waals surface area contributed by atoms with Crippen LogP contribution >= 0.6 is 11.6 Å². The number of rotatable bonds is 5. The predicted octanol–water partition coefficient (Wildman–Crippen LogP) is 5.62. The number of hydrazone groups is 1. The molecule has 7 heteroatoms. The van der Waals surface area contributed by atoms with Crippen molar-refractivity contribution in [1.29, 1.82) is 0 Å². The van der Waals surface area contributed by atoms with E-state index in [1.165, 1.54) is 24.4 Å². The molecule has 0 aliphatic rings. The van der Waals surface area contributed by atoms with Gasteiger partial charge in [-0.15, -0.1) is 0 Å². The van der Waals surface area contributed by atoms with Gasteiger partial charge in [-0.25, -0.2) is 14.6 Å². The van der Waals surface area contributed by atoms with Crippen molar-refractivity contribution < 1.29 is 18.7 Å². The molecule has 0 aliphatic heterocycles. The zero-order valence-corrected chi connectivity index (χ0v) is 17.3. The van der Waals surface area contributed by atoms with E-state index in [2.05, 4.69) is 10.5 Å². The lowest BCUT2D eigenvalue weighted by Crippen LogP contribution is -2.19. The Kier molecular flexibility index (Phi) is 6.24. The van der Waals surface area contributed by atoms with Gasteiger partial charge >= 0.3 is 5.97 Å². The highest BCUT2D eigenvalue weighted by molar-refractivity contribution is 6.33. The van der Waals surface area contributed by atoms with Crippen LogP contribution in [-0.4, -0.2) is 18.1 Å². The molecule has 0 radical (unpaired) electrons. The van der Waals surface area contributed by atoms with Crippen LogP contribution in [0.15, 0.2) is 90.0 Å². The molecule has 0 saturated carbocycles. The van der Waals surface area contributed by atoms with Crippen LogP contribution in [-0.2, 0) is 0 Å². The fourth-order valence-electron chi connectivity index (χ4n) is 3.14. The Balaban J connectivity index is 1.65. The van der Waals surface area contributed by atoms with E-state index in [1.54, 1.807) is 42.5 Å². The van der Waals surface area contributed by atoms with E-state index in [9.17, 15) is 14.0 Å². The second-order valence-electron chi connectivity index (χ2n) is 6.75. The van der Waals surface area contributed by atoms with Gasteiger partial charge in [-0.1, -0.05) is 66.2 Å². The van der Waals surface area contributed by atoms with Gasteiger partial charge in [0.25, 0.3) is 5.91 Å². The summed E-state index contributed by atoms with van der Waals surface area (Å²) in [5, 5.41) is 5.86. The first-order valence-corrected chi connectivity index (χ1v) is 9.99. The number of ether oxygens (including phenoxy) is 1. The lowest BCUT2D eigenvalue weighted by atomic mass is 10.0. The standard InChI is InChI=1S/C25H16ClFN2O3/c26-21-11-5-3-9-18(21)25(31)32-23-14-13-16-7-1-2-8-17(16)20(23)15-28-29-24(30)19-10-4-6-12-22(19)27/h1-15H,(H,29,30)/b28-15-. The molecule has 0 atom stereocenters. The zero-order valence-electron chi connectivity index (χ0n) is 16.6. The molecule has 0 aromatic heterocycles. The third-order valence-electron chi connectivity index (χ3n) is 4.71. The van der Waals surface area contributed by atoms with Crippen LogP contribution in [0.3, 0.4) is 0 Å². The molecule has 4 aromatic carbocycles. The number of nitrogens with one attached hydrogen (secondary N) is 1. The van der Waals surface area contributed by atoms with Gasteiger partial charge in [-0.2, -0.15) is 5.10 Å². The van der Waals surface area contributed by atoms with E-state index < -0.39 is 17.7 Å². The van der Waals surface area contributed by atoms with Gasteiger partial charge in [0.2, 0.25) is 0 Å². The molecule has 0 saturated heterocycles. The Labute approximate surface area is 188 Å². The Morgan fingerprint density at radius 1 is 0.875 bits per heavy atom. The molecule has 0 fully saturated rings. The fraction of sp³-hybridized carbons (Fsp3) is 0. The number of carbonyl (C=O) groups excluding carboxylic acids is 2. The summed E-state index contributed by atoms with van der Waals surface area (Å²) in [6, 6.07) is 23.0. The number of nitrogens with zero attached hydrogens (tertiary/aromatic N) is 1. The molecular weight excluding hydrogens is 431 g/mol. The van der Waals surface area contributed by atoms with Crippen molar-refractivity contribution in [2.75, 3.05) is 0 Å². The molecule has 5 nitrogen and oxygen atoms in total. The van der Waals surface area contributed by atoms with Gasteiger partial charge in [-0.05, 0) is 41.1 Å². The Morgan fingerprint density at radius 3 is 2.34 bits per heavy atom. The average molecular weight is 447 g/mol. The van der Waals surface area contributed by atoms with Crippen molar-refractivity contribution in [3.05, 3.63) is 112 Å². The van der Waals surface area contributed by atoms with E-state index in [0.29, 0.717) is 5.56 Å². The largest absolute Gasteiger partial charge is 0.422 e. The summed E-state index contributed by atoms with van der Waals surface area (Å²) in [5.74, 6) is -1.75. The highest BCUT2D eigenvalue weighted by Gasteiger charge is 2.16. The number of amides is 1. The summed E-state index contributed by atoms with van der Waals surface area (Å²) in [5.41, 5.74) is 2.86. The molecule has 4 aromatic rings. The van der Waals surface area contributed by atoms with Crippen LogP contribution in [0.5, 0.6) is 5.75 Å². The molecule has 1 amide bonds. The summed E-state index contributed by atoms with van der Waals surface area (Å²) in [6.45, 7) is 0.